The second kappa shape index (κ2) is 10.8. The fourth-order valence-electron chi connectivity index (χ4n) is 4.26. The molecule has 11 heteroatoms. The number of nitrogens with one attached hydrogen (secondary N) is 2. The number of hydrogen-bond donors (Lipinski definition) is 2. The fraction of sp³-hybridized carbons (Fsp3) is 0.357. The van der Waals surface area contributed by atoms with Gasteiger partial charge in [0.25, 0.3) is 0 Å². The van der Waals surface area contributed by atoms with Gasteiger partial charge < -0.3 is 29.0 Å². The van der Waals surface area contributed by atoms with Gasteiger partial charge in [-0.3, -0.25) is 5.32 Å². The van der Waals surface area contributed by atoms with Crippen LogP contribution < -0.4 is 24.8 Å². The quantitative estimate of drug-likeness (QED) is 0.320. The second-order valence-electron chi connectivity index (χ2n) is 10.5. The van der Waals surface area contributed by atoms with Crippen molar-refractivity contribution in [3.05, 3.63) is 54.6 Å². The summed E-state index contributed by atoms with van der Waals surface area (Å²) in [5.41, 5.74) is 0.974. The first-order chi connectivity index (χ1) is 18.7. The Morgan fingerprint density at radius 3 is 2.67 bits per heavy atom. The molecule has 0 aliphatic carbocycles. The third kappa shape index (κ3) is 6.20. The average molecular weight is 533 g/mol. The minimum atomic E-state index is -0.459. The van der Waals surface area contributed by atoms with Crippen LogP contribution in [-0.2, 0) is 5.41 Å². The van der Waals surface area contributed by atoms with E-state index in [4.69, 9.17) is 18.7 Å². The number of benzene rings is 2. The van der Waals surface area contributed by atoms with E-state index in [0.717, 1.165) is 19.5 Å². The molecule has 2 N–H and O–H groups in total. The second-order valence-corrected chi connectivity index (χ2v) is 10.5. The molecular formula is C28H32N6O5. The van der Waals surface area contributed by atoms with Crippen LogP contribution in [0.3, 0.4) is 0 Å². The smallest absolute Gasteiger partial charge is 0.324 e. The van der Waals surface area contributed by atoms with Crippen molar-refractivity contribution in [1.82, 2.24) is 20.0 Å². The molecule has 1 saturated heterocycles. The van der Waals surface area contributed by atoms with Crippen LogP contribution in [0, 0.1) is 0 Å². The van der Waals surface area contributed by atoms with Gasteiger partial charge in [0, 0.05) is 42.4 Å². The van der Waals surface area contributed by atoms with Crippen LogP contribution in [0.2, 0.25) is 0 Å². The zero-order chi connectivity index (χ0) is 27.6. The number of carbonyl (C=O) groups is 1. The highest BCUT2D eigenvalue weighted by Gasteiger charge is 2.23. The van der Waals surface area contributed by atoms with Crippen molar-refractivity contribution in [3.8, 4) is 23.1 Å². The lowest BCUT2D eigenvalue weighted by molar-refractivity contribution is 0.200. The monoisotopic (exact) mass is 532 g/mol. The van der Waals surface area contributed by atoms with Crippen molar-refractivity contribution >= 4 is 28.4 Å². The van der Waals surface area contributed by atoms with Gasteiger partial charge in [-0.05, 0) is 31.7 Å². The molecule has 0 spiro atoms. The fourth-order valence-corrected chi connectivity index (χ4v) is 4.26. The highest BCUT2D eigenvalue weighted by atomic mass is 16.5. The number of methoxy groups -OCH3 is 1. The Morgan fingerprint density at radius 1 is 1.10 bits per heavy atom. The maximum absolute atomic E-state index is 12.5. The molecule has 11 nitrogen and oxygen atoms in total. The summed E-state index contributed by atoms with van der Waals surface area (Å²) in [6.07, 6.45) is 2.49. The number of aromatic nitrogens is 3. The molecule has 2 amide bonds. The van der Waals surface area contributed by atoms with Gasteiger partial charge in [0.15, 0.2) is 17.3 Å². The van der Waals surface area contributed by atoms with Gasteiger partial charge in [-0.25, -0.2) is 14.8 Å². The summed E-state index contributed by atoms with van der Waals surface area (Å²) in [6, 6.07) is 11.9. The zero-order valence-electron chi connectivity index (χ0n) is 22.6. The van der Waals surface area contributed by atoms with Gasteiger partial charge in [0.1, 0.15) is 23.9 Å². The highest BCUT2D eigenvalue weighted by Crippen LogP contribution is 2.37. The van der Waals surface area contributed by atoms with Crippen LogP contribution in [-0.4, -0.2) is 59.4 Å². The Kier molecular flexibility index (Phi) is 7.25. The molecule has 4 aromatic rings. The van der Waals surface area contributed by atoms with E-state index in [1.165, 1.54) is 6.33 Å². The number of anilines is 2. The van der Waals surface area contributed by atoms with Gasteiger partial charge >= 0.3 is 6.03 Å². The maximum Gasteiger partial charge on any atom is 0.324 e. The van der Waals surface area contributed by atoms with Crippen molar-refractivity contribution in [1.29, 1.82) is 0 Å². The Labute approximate surface area is 226 Å². The van der Waals surface area contributed by atoms with E-state index in [-0.39, 0.29) is 11.5 Å². The normalized spacial score (nSPS) is 15.8. The van der Waals surface area contributed by atoms with E-state index in [0.29, 0.717) is 51.3 Å². The Morgan fingerprint density at radius 2 is 1.95 bits per heavy atom. The molecule has 5 rings (SSSR count). The average Bonchev–Trinajstić information content (AvgIpc) is 3.53. The number of amides is 2. The SMILES string of the molecule is COc1cc2c(Oc3cccc(NC(=O)Nc4cc(C(C)(C)C)on4)c3)ncnc2cc1O[C@H]1CCN(C)C1. The van der Waals surface area contributed by atoms with Crippen LogP contribution in [0.4, 0.5) is 16.3 Å². The summed E-state index contributed by atoms with van der Waals surface area (Å²) in [5, 5.41) is 10.0. The van der Waals surface area contributed by atoms with E-state index < -0.39 is 6.03 Å². The summed E-state index contributed by atoms with van der Waals surface area (Å²) in [4.78, 5) is 23.5. The molecule has 2 aromatic carbocycles. The number of rotatable bonds is 7. The number of carbonyl (C=O) groups excluding carboxylic acids is 1. The third-order valence-corrected chi connectivity index (χ3v) is 6.32. The molecule has 0 saturated carbocycles. The molecular weight excluding hydrogens is 500 g/mol. The maximum atomic E-state index is 12.5. The number of fused-ring (bicyclic) bond motifs is 1. The predicted molar refractivity (Wildman–Crippen MR) is 147 cm³/mol. The van der Waals surface area contributed by atoms with Gasteiger partial charge in [0.05, 0.1) is 18.0 Å². The Bertz CT molecular complexity index is 1480. The van der Waals surface area contributed by atoms with Gasteiger partial charge in [-0.15, -0.1) is 0 Å². The molecule has 204 valence electrons. The Hall–Kier alpha value is -4.38. The summed E-state index contributed by atoms with van der Waals surface area (Å²) in [6.45, 7) is 7.86. The molecule has 3 heterocycles. The van der Waals surface area contributed by atoms with E-state index in [2.05, 4.69) is 37.7 Å². The molecule has 0 bridgehead atoms. The first-order valence-corrected chi connectivity index (χ1v) is 12.7. The van der Waals surface area contributed by atoms with Crippen molar-refractivity contribution in [2.75, 3.05) is 37.9 Å². The van der Waals surface area contributed by atoms with Gasteiger partial charge in [-0.1, -0.05) is 32.0 Å². The van der Waals surface area contributed by atoms with Crippen LogP contribution in [0.1, 0.15) is 33.0 Å². The van der Waals surface area contributed by atoms with Gasteiger partial charge in [-0.2, -0.15) is 0 Å². The lowest BCUT2D eigenvalue weighted by Gasteiger charge is -2.17. The van der Waals surface area contributed by atoms with Crippen molar-refractivity contribution in [3.63, 3.8) is 0 Å². The van der Waals surface area contributed by atoms with Crippen molar-refractivity contribution in [2.24, 2.45) is 0 Å². The molecule has 39 heavy (non-hydrogen) atoms. The van der Waals surface area contributed by atoms with Crippen LogP contribution in [0.15, 0.2) is 53.3 Å². The lowest BCUT2D eigenvalue weighted by Crippen LogP contribution is -2.21. The predicted octanol–water partition coefficient (Wildman–Crippen LogP) is 5.44. The highest BCUT2D eigenvalue weighted by molar-refractivity contribution is 5.99. The molecule has 0 radical (unpaired) electrons. The van der Waals surface area contributed by atoms with Crippen LogP contribution in [0.25, 0.3) is 10.9 Å². The number of nitrogens with zero attached hydrogens (tertiary/aromatic N) is 4. The van der Waals surface area contributed by atoms with Crippen LogP contribution in [0.5, 0.6) is 23.1 Å². The standard InChI is InChI=1S/C28H32N6O5/c1-28(2,3)24-14-25(33-39-24)32-27(35)31-17-7-6-8-18(11-17)38-26-20-12-22(36-5)23(13-21(20)29-16-30-26)37-19-9-10-34(4)15-19/h6-8,11-14,16,19H,9-10,15H2,1-5H3,(H2,31,32,33,35)/t19-/m0/s1. The number of ether oxygens (including phenoxy) is 3. The minimum absolute atomic E-state index is 0.0937. The zero-order valence-corrected chi connectivity index (χ0v) is 22.6. The molecule has 0 unspecified atom stereocenters. The molecule has 1 aliphatic heterocycles. The number of urea groups is 1. The number of likely N-dealkylation sites (N-methyl/N-ethyl adjacent to an activating group) is 1. The first kappa shape index (κ1) is 26.2. The molecule has 2 aromatic heterocycles. The van der Waals surface area contributed by atoms with E-state index >= 15 is 0 Å². The van der Waals surface area contributed by atoms with E-state index in [9.17, 15) is 4.79 Å². The topological polar surface area (TPSA) is 124 Å². The minimum Gasteiger partial charge on any atom is -0.493 e. The Balaban J connectivity index is 1.30. The van der Waals surface area contributed by atoms with Gasteiger partial charge in [0.2, 0.25) is 5.88 Å². The first-order valence-electron chi connectivity index (χ1n) is 12.7. The summed E-state index contributed by atoms with van der Waals surface area (Å²) >= 11 is 0. The lowest BCUT2D eigenvalue weighted by atomic mass is 9.93. The summed E-state index contributed by atoms with van der Waals surface area (Å²) in [7, 11) is 3.68. The van der Waals surface area contributed by atoms with Crippen molar-refractivity contribution < 1.29 is 23.5 Å². The molecule has 1 atom stereocenters. The third-order valence-electron chi connectivity index (χ3n) is 6.32. The summed E-state index contributed by atoms with van der Waals surface area (Å²) < 4.78 is 23.3. The van der Waals surface area contributed by atoms with Crippen LogP contribution >= 0.6 is 0 Å². The number of hydrogen-bond acceptors (Lipinski definition) is 9. The molecule has 1 fully saturated rings. The van der Waals surface area contributed by atoms with Crippen molar-refractivity contribution in [2.45, 2.75) is 38.7 Å². The number of likely N-dealkylation sites (tertiary alicyclic amines) is 1. The molecule has 1 aliphatic rings. The van der Waals surface area contributed by atoms with E-state index in [1.54, 1.807) is 37.4 Å². The largest absolute Gasteiger partial charge is 0.493 e. The summed E-state index contributed by atoms with van der Waals surface area (Å²) in [5.74, 6) is 3.04. The van der Waals surface area contributed by atoms with E-state index in [1.807, 2.05) is 32.9 Å².